The molecular weight excluding hydrogens is 290 g/mol. The number of sulfonamides is 1. The van der Waals surface area contributed by atoms with Crippen molar-refractivity contribution in [3.8, 4) is 17.2 Å². The summed E-state index contributed by atoms with van der Waals surface area (Å²) in [4.78, 5) is 0.0987. The molecule has 0 heterocycles. The van der Waals surface area contributed by atoms with Crippen molar-refractivity contribution < 1.29 is 17.9 Å². The predicted molar refractivity (Wildman–Crippen MR) is 80.2 cm³/mol. The quantitative estimate of drug-likeness (QED) is 0.921. The molecule has 2 N–H and O–H groups in total. The summed E-state index contributed by atoms with van der Waals surface area (Å²) in [7, 11) is -3.71. The molecule has 5 nitrogen and oxygen atoms in total. The number of aryl methyl sites for hydroxylation is 1. The number of hydrogen-bond donors (Lipinski definition) is 1. The van der Waals surface area contributed by atoms with Gasteiger partial charge in [0.05, 0.1) is 11.5 Å². The average Bonchev–Trinajstić information content (AvgIpc) is 2.40. The van der Waals surface area contributed by atoms with Gasteiger partial charge in [0.15, 0.2) is 0 Å². The molecule has 0 aliphatic heterocycles. The van der Waals surface area contributed by atoms with Crippen LogP contribution < -0.4 is 14.6 Å². The fourth-order valence-corrected chi connectivity index (χ4v) is 2.68. The number of primary sulfonamides is 1. The molecule has 21 heavy (non-hydrogen) atoms. The summed E-state index contributed by atoms with van der Waals surface area (Å²) in [5.41, 5.74) is 0.543. The van der Waals surface area contributed by atoms with E-state index in [9.17, 15) is 8.42 Å². The number of rotatable bonds is 5. The fourth-order valence-electron chi connectivity index (χ4n) is 1.91. The van der Waals surface area contributed by atoms with Crippen LogP contribution in [-0.4, -0.2) is 15.0 Å². The summed E-state index contributed by atoms with van der Waals surface area (Å²) in [6, 6.07) is 11.8. The molecule has 0 fully saturated rings. The maximum absolute atomic E-state index is 11.3. The van der Waals surface area contributed by atoms with E-state index in [-0.39, 0.29) is 4.90 Å². The Bertz CT molecular complexity index is 724. The Morgan fingerprint density at radius 3 is 2.10 bits per heavy atom. The fraction of sp³-hybridized carbons (Fsp3) is 0.200. The highest BCUT2D eigenvalue weighted by molar-refractivity contribution is 7.89. The third-order valence-electron chi connectivity index (χ3n) is 2.82. The van der Waals surface area contributed by atoms with Crippen molar-refractivity contribution in [2.45, 2.75) is 18.7 Å². The van der Waals surface area contributed by atoms with Gasteiger partial charge in [0.2, 0.25) is 10.0 Å². The van der Waals surface area contributed by atoms with Crippen LogP contribution in [-0.2, 0) is 10.0 Å². The van der Waals surface area contributed by atoms with Gasteiger partial charge in [-0.1, -0.05) is 0 Å². The SMILES string of the molecule is CCOc1ccc(Oc2ccc(S(N)(=O)=O)c(C)c2)cc1. The summed E-state index contributed by atoms with van der Waals surface area (Å²) in [6.45, 7) is 4.19. The maximum atomic E-state index is 11.3. The minimum atomic E-state index is -3.71. The largest absolute Gasteiger partial charge is 0.494 e. The van der Waals surface area contributed by atoms with Crippen LogP contribution in [0.1, 0.15) is 12.5 Å². The molecule has 0 spiro atoms. The molecule has 0 amide bonds. The highest BCUT2D eigenvalue weighted by Gasteiger charge is 2.12. The van der Waals surface area contributed by atoms with Crippen molar-refractivity contribution in [3.05, 3.63) is 48.0 Å². The third kappa shape index (κ3) is 3.96. The summed E-state index contributed by atoms with van der Waals surface area (Å²) >= 11 is 0. The monoisotopic (exact) mass is 307 g/mol. The molecule has 0 aromatic heterocycles. The first-order chi connectivity index (χ1) is 9.90. The van der Waals surface area contributed by atoms with Crippen LogP contribution in [0.3, 0.4) is 0 Å². The van der Waals surface area contributed by atoms with Gasteiger partial charge in [-0.2, -0.15) is 0 Å². The Kier molecular flexibility index (Phi) is 4.50. The molecule has 2 aromatic carbocycles. The van der Waals surface area contributed by atoms with Gasteiger partial charge in [0, 0.05) is 0 Å². The minimum Gasteiger partial charge on any atom is -0.494 e. The summed E-state index contributed by atoms with van der Waals surface area (Å²) in [5.74, 6) is 1.95. The van der Waals surface area contributed by atoms with Crippen LogP contribution in [0, 0.1) is 6.92 Å². The second kappa shape index (κ2) is 6.15. The Morgan fingerprint density at radius 2 is 1.57 bits per heavy atom. The molecule has 0 saturated heterocycles. The molecule has 0 atom stereocenters. The van der Waals surface area contributed by atoms with Gasteiger partial charge in [-0.15, -0.1) is 0 Å². The normalized spacial score (nSPS) is 11.2. The predicted octanol–water partition coefficient (Wildman–Crippen LogP) is 2.83. The maximum Gasteiger partial charge on any atom is 0.238 e. The Balaban J connectivity index is 2.18. The molecule has 0 bridgehead atoms. The lowest BCUT2D eigenvalue weighted by atomic mass is 10.2. The van der Waals surface area contributed by atoms with Gasteiger partial charge in [0.1, 0.15) is 17.2 Å². The average molecular weight is 307 g/mol. The molecule has 0 saturated carbocycles. The highest BCUT2D eigenvalue weighted by Crippen LogP contribution is 2.26. The first kappa shape index (κ1) is 15.3. The van der Waals surface area contributed by atoms with E-state index < -0.39 is 10.0 Å². The topological polar surface area (TPSA) is 78.6 Å². The van der Waals surface area contributed by atoms with Crippen molar-refractivity contribution in [3.63, 3.8) is 0 Å². The molecule has 0 unspecified atom stereocenters. The zero-order valence-corrected chi connectivity index (χ0v) is 12.7. The lowest BCUT2D eigenvalue weighted by molar-refractivity contribution is 0.339. The van der Waals surface area contributed by atoms with Gasteiger partial charge < -0.3 is 9.47 Å². The van der Waals surface area contributed by atoms with Crippen molar-refractivity contribution in [1.29, 1.82) is 0 Å². The van der Waals surface area contributed by atoms with E-state index in [1.165, 1.54) is 6.07 Å². The molecule has 2 aromatic rings. The summed E-state index contributed by atoms with van der Waals surface area (Å²) in [5, 5.41) is 5.12. The lowest BCUT2D eigenvalue weighted by Gasteiger charge is -2.09. The van der Waals surface area contributed by atoms with Gasteiger partial charge in [0.25, 0.3) is 0 Å². The summed E-state index contributed by atoms with van der Waals surface area (Å²) in [6.07, 6.45) is 0. The zero-order valence-electron chi connectivity index (χ0n) is 11.9. The van der Waals surface area contributed by atoms with Gasteiger partial charge in [-0.05, 0) is 61.9 Å². The van der Waals surface area contributed by atoms with Crippen LogP contribution in [0.4, 0.5) is 0 Å². The Labute approximate surface area is 124 Å². The molecule has 0 aliphatic rings. The number of benzene rings is 2. The van der Waals surface area contributed by atoms with E-state index in [2.05, 4.69) is 0 Å². The van der Waals surface area contributed by atoms with E-state index in [1.54, 1.807) is 31.2 Å². The van der Waals surface area contributed by atoms with E-state index >= 15 is 0 Å². The number of nitrogens with two attached hydrogens (primary N) is 1. The second-order valence-corrected chi connectivity index (χ2v) is 6.01. The van der Waals surface area contributed by atoms with Crippen molar-refractivity contribution >= 4 is 10.0 Å². The Morgan fingerprint density at radius 1 is 1.00 bits per heavy atom. The highest BCUT2D eigenvalue weighted by atomic mass is 32.2. The molecular formula is C15H17NO4S. The molecule has 2 rings (SSSR count). The smallest absolute Gasteiger partial charge is 0.238 e. The van der Waals surface area contributed by atoms with Gasteiger partial charge in [-0.3, -0.25) is 0 Å². The van der Waals surface area contributed by atoms with Crippen molar-refractivity contribution in [1.82, 2.24) is 0 Å². The van der Waals surface area contributed by atoms with Crippen LogP contribution >= 0.6 is 0 Å². The lowest BCUT2D eigenvalue weighted by Crippen LogP contribution is -2.13. The van der Waals surface area contributed by atoms with Crippen LogP contribution in [0.25, 0.3) is 0 Å². The third-order valence-corrected chi connectivity index (χ3v) is 3.89. The zero-order chi connectivity index (χ0) is 15.5. The molecule has 6 heteroatoms. The first-order valence-corrected chi connectivity index (χ1v) is 7.99. The van der Waals surface area contributed by atoms with E-state index in [0.29, 0.717) is 23.7 Å². The van der Waals surface area contributed by atoms with Gasteiger partial charge in [-0.25, -0.2) is 13.6 Å². The van der Waals surface area contributed by atoms with Crippen LogP contribution in [0.2, 0.25) is 0 Å². The van der Waals surface area contributed by atoms with E-state index in [1.807, 2.05) is 19.1 Å². The molecule has 0 radical (unpaired) electrons. The van der Waals surface area contributed by atoms with Crippen LogP contribution in [0.15, 0.2) is 47.4 Å². The Hall–Kier alpha value is -2.05. The second-order valence-electron chi connectivity index (χ2n) is 4.48. The van der Waals surface area contributed by atoms with Crippen LogP contribution in [0.5, 0.6) is 17.2 Å². The molecule has 0 aliphatic carbocycles. The number of hydrogen-bond acceptors (Lipinski definition) is 4. The van der Waals surface area contributed by atoms with Gasteiger partial charge >= 0.3 is 0 Å². The van der Waals surface area contributed by atoms with Crippen molar-refractivity contribution in [2.24, 2.45) is 5.14 Å². The number of ether oxygens (including phenoxy) is 2. The van der Waals surface area contributed by atoms with E-state index in [4.69, 9.17) is 14.6 Å². The first-order valence-electron chi connectivity index (χ1n) is 6.44. The van der Waals surface area contributed by atoms with Crippen molar-refractivity contribution in [2.75, 3.05) is 6.61 Å². The summed E-state index contributed by atoms with van der Waals surface area (Å²) < 4.78 is 33.7. The van der Waals surface area contributed by atoms with E-state index in [0.717, 1.165) is 5.75 Å². The molecule has 112 valence electrons. The standard InChI is InChI=1S/C15H17NO4S/c1-3-19-12-4-6-13(7-5-12)20-14-8-9-15(11(2)10-14)21(16,17)18/h4-10H,3H2,1-2H3,(H2,16,17,18). The minimum absolute atomic E-state index is 0.0987.